The number of carbonyl (C=O) groups excluding carboxylic acids is 1. The van der Waals surface area contributed by atoms with Crippen LogP contribution in [0.25, 0.3) is 0 Å². The molecule has 0 radical (unpaired) electrons. The number of phenols is 1. The number of ether oxygens (including phenoxy) is 1. The number of furan rings is 1. The Morgan fingerprint density at radius 1 is 1.38 bits per heavy atom. The smallest absolute Gasteiger partial charge is 0.315 e. The van der Waals surface area contributed by atoms with Crippen molar-refractivity contribution in [3.63, 3.8) is 0 Å². The summed E-state index contributed by atoms with van der Waals surface area (Å²) in [6.45, 7) is 6.64. The number of amides is 2. The van der Waals surface area contributed by atoms with Crippen molar-refractivity contribution in [3.8, 4) is 11.5 Å². The standard InChI is InChI=1S/C20H26N2O4/c1-12-7-14-15(9-20(2,3)10-18(14)26-12)22-19(24)21-11-13-5-6-16(23)17(8-13)25-4/h5-8,15,23H,9-11H2,1-4H3,(H2,21,22,24). The van der Waals surface area contributed by atoms with E-state index in [2.05, 4.69) is 24.5 Å². The third kappa shape index (κ3) is 3.95. The second-order valence-electron chi connectivity index (χ2n) is 7.67. The van der Waals surface area contributed by atoms with Crippen molar-refractivity contribution in [2.45, 2.75) is 46.2 Å². The fourth-order valence-electron chi connectivity index (χ4n) is 3.54. The number of phenolic OH excluding ortho intramolecular Hbond substituents is 1. The summed E-state index contributed by atoms with van der Waals surface area (Å²) in [5.74, 6) is 2.30. The third-order valence-corrected chi connectivity index (χ3v) is 4.74. The summed E-state index contributed by atoms with van der Waals surface area (Å²) >= 11 is 0. The Labute approximate surface area is 153 Å². The van der Waals surface area contributed by atoms with E-state index >= 15 is 0 Å². The number of fused-ring (bicyclic) bond motifs is 1. The average molecular weight is 358 g/mol. The maximum atomic E-state index is 12.4. The van der Waals surface area contributed by atoms with Crippen molar-refractivity contribution >= 4 is 6.03 Å². The lowest BCUT2D eigenvalue weighted by Gasteiger charge is -2.34. The molecule has 0 saturated carbocycles. The van der Waals surface area contributed by atoms with Crippen LogP contribution in [0.3, 0.4) is 0 Å². The SMILES string of the molecule is COc1cc(CNC(=O)NC2CC(C)(C)Cc3oc(C)cc32)ccc1O. The largest absolute Gasteiger partial charge is 0.504 e. The zero-order valence-corrected chi connectivity index (χ0v) is 15.7. The van der Waals surface area contributed by atoms with Crippen LogP contribution in [0.1, 0.15) is 49.0 Å². The maximum Gasteiger partial charge on any atom is 0.315 e. The van der Waals surface area contributed by atoms with Crippen molar-refractivity contribution in [1.29, 1.82) is 0 Å². The second kappa shape index (κ2) is 6.94. The van der Waals surface area contributed by atoms with Crippen LogP contribution in [0.4, 0.5) is 4.79 Å². The van der Waals surface area contributed by atoms with E-state index < -0.39 is 0 Å². The highest BCUT2D eigenvalue weighted by molar-refractivity contribution is 5.74. The Balaban J connectivity index is 1.65. The first-order valence-corrected chi connectivity index (χ1v) is 8.77. The molecule has 0 bridgehead atoms. The Morgan fingerprint density at radius 2 is 2.15 bits per heavy atom. The molecule has 2 aromatic rings. The van der Waals surface area contributed by atoms with Gasteiger partial charge in [-0.1, -0.05) is 19.9 Å². The van der Waals surface area contributed by atoms with Gasteiger partial charge in [0, 0.05) is 18.5 Å². The number of aryl methyl sites for hydroxylation is 1. The van der Waals surface area contributed by atoms with Crippen LogP contribution >= 0.6 is 0 Å². The Morgan fingerprint density at radius 3 is 2.88 bits per heavy atom. The lowest BCUT2D eigenvalue weighted by atomic mass is 9.75. The van der Waals surface area contributed by atoms with Crippen molar-refractivity contribution in [3.05, 3.63) is 46.9 Å². The molecule has 0 aliphatic heterocycles. The minimum atomic E-state index is -0.232. The summed E-state index contributed by atoms with van der Waals surface area (Å²) in [5.41, 5.74) is 1.99. The molecule has 1 unspecified atom stereocenters. The summed E-state index contributed by atoms with van der Waals surface area (Å²) in [6, 6.07) is 6.72. The maximum absolute atomic E-state index is 12.4. The van der Waals surface area contributed by atoms with E-state index in [1.165, 1.54) is 7.11 Å². The van der Waals surface area contributed by atoms with Gasteiger partial charge in [0.1, 0.15) is 11.5 Å². The zero-order valence-electron chi connectivity index (χ0n) is 15.7. The summed E-state index contributed by atoms with van der Waals surface area (Å²) in [4.78, 5) is 12.4. The molecule has 0 saturated heterocycles. The predicted octanol–water partition coefficient (Wildman–Crippen LogP) is 3.82. The van der Waals surface area contributed by atoms with Gasteiger partial charge in [0.2, 0.25) is 0 Å². The molecular weight excluding hydrogens is 332 g/mol. The molecule has 6 heteroatoms. The van der Waals surface area contributed by atoms with Crippen LogP contribution in [0, 0.1) is 12.3 Å². The molecular formula is C20H26N2O4. The summed E-state index contributed by atoms with van der Waals surface area (Å²) in [7, 11) is 1.49. The molecule has 140 valence electrons. The molecule has 2 amide bonds. The number of urea groups is 1. The number of carbonyl (C=O) groups is 1. The summed E-state index contributed by atoms with van der Waals surface area (Å²) in [6.07, 6.45) is 1.74. The van der Waals surface area contributed by atoms with Gasteiger partial charge < -0.3 is 24.9 Å². The minimum Gasteiger partial charge on any atom is -0.504 e. The van der Waals surface area contributed by atoms with Crippen LogP contribution in [-0.4, -0.2) is 18.2 Å². The summed E-state index contributed by atoms with van der Waals surface area (Å²) < 4.78 is 10.9. The quantitative estimate of drug-likeness (QED) is 0.776. The second-order valence-corrected chi connectivity index (χ2v) is 7.67. The third-order valence-electron chi connectivity index (χ3n) is 4.74. The molecule has 1 atom stereocenters. The first kappa shape index (κ1) is 18.2. The zero-order chi connectivity index (χ0) is 18.9. The van der Waals surface area contributed by atoms with Gasteiger partial charge in [0.25, 0.3) is 0 Å². The van der Waals surface area contributed by atoms with Crippen LogP contribution in [0.2, 0.25) is 0 Å². The molecule has 1 aromatic heterocycles. The molecule has 3 N–H and O–H groups in total. The predicted molar refractivity (Wildman–Crippen MR) is 98.3 cm³/mol. The van der Waals surface area contributed by atoms with Crippen molar-refractivity contribution < 1.29 is 19.1 Å². The van der Waals surface area contributed by atoms with Gasteiger partial charge >= 0.3 is 6.03 Å². The van der Waals surface area contributed by atoms with Crippen LogP contribution < -0.4 is 15.4 Å². The highest BCUT2D eigenvalue weighted by atomic mass is 16.5. The first-order valence-electron chi connectivity index (χ1n) is 8.77. The molecule has 6 nitrogen and oxygen atoms in total. The molecule has 3 rings (SSSR count). The number of rotatable bonds is 4. The number of hydrogen-bond acceptors (Lipinski definition) is 4. The minimum absolute atomic E-state index is 0.0689. The van der Waals surface area contributed by atoms with E-state index in [0.29, 0.717) is 12.3 Å². The molecule has 26 heavy (non-hydrogen) atoms. The van der Waals surface area contributed by atoms with Crippen LogP contribution in [0.15, 0.2) is 28.7 Å². The normalized spacial score (nSPS) is 18.1. The molecule has 1 aliphatic rings. The van der Waals surface area contributed by atoms with E-state index in [4.69, 9.17) is 9.15 Å². The number of aromatic hydroxyl groups is 1. The Hall–Kier alpha value is -2.63. The highest BCUT2D eigenvalue weighted by Crippen LogP contribution is 2.41. The van der Waals surface area contributed by atoms with Crippen molar-refractivity contribution in [1.82, 2.24) is 10.6 Å². The van der Waals surface area contributed by atoms with E-state index in [0.717, 1.165) is 35.5 Å². The first-order chi connectivity index (χ1) is 12.3. The van der Waals surface area contributed by atoms with Gasteiger partial charge in [-0.3, -0.25) is 0 Å². The topological polar surface area (TPSA) is 83.7 Å². The fraction of sp³-hybridized carbons (Fsp3) is 0.450. The number of hydrogen-bond donors (Lipinski definition) is 3. The van der Waals surface area contributed by atoms with Gasteiger partial charge in [0.15, 0.2) is 11.5 Å². The highest BCUT2D eigenvalue weighted by Gasteiger charge is 2.35. The lowest BCUT2D eigenvalue weighted by molar-refractivity contribution is 0.214. The summed E-state index contributed by atoms with van der Waals surface area (Å²) in [5, 5.41) is 15.6. The molecule has 0 spiro atoms. The van der Waals surface area contributed by atoms with E-state index in [9.17, 15) is 9.90 Å². The van der Waals surface area contributed by atoms with Crippen molar-refractivity contribution in [2.24, 2.45) is 5.41 Å². The van der Waals surface area contributed by atoms with Gasteiger partial charge in [-0.05, 0) is 42.5 Å². The van der Waals surface area contributed by atoms with Gasteiger partial charge in [-0.15, -0.1) is 0 Å². The molecule has 1 aliphatic carbocycles. The van der Waals surface area contributed by atoms with E-state index in [1.807, 2.05) is 13.0 Å². The van der Waals surface area contributed by atoms with Crippen LogP contribution in [0.5, 0.6) is 11.5 Å². The molecule has 1 heterocycles. The van der Waals surface area contributed by atoms with E-state index in [1.54, 1.807) is 18.2 Å². The van der Waals surface area contributed by atoms with Crippen molar-refractivity contribution in [2.75, 3.05) is 7.11 Å². The average Bonchev–Trinajstić information content (AvgIpc) is 2.93. The number of methoxy groups -OCH3 is 1. The van der Waals surface area contributed by atoms with Gasteiger partial charge in [0.05, 0.1) is 13.2 Å². The molecule has 1 aromatic carbocycles. The monoisotopic (exact) mass is 358 g/mol. The fourth-order valence-corrected chi connectivity index (χ4v) is 3.54. The number of benzene rings is 1. The molecule has 0 fully saturated rings. The van der Waals surface area contributed by atoms with Gasteiger partial charge in [-0.2, -0.15) is 0 Å². The van der Waals surface area contributed by atoms with Crippen LogP contribution in [-0.2, 0) is 13.0 Å². The van der Waals surface area contributed by atoms with E-state index in [-0.39, 0.29) is 23.2 Å². The lowest BCUT2D eigenvalue weighted by Crippen LogP contribution is -2.41. The number of nitrogens with one attached hydrogen (secondary N) is 2. The Kier molecular flexibility index (Phi) is 4.85. The Bertz CT molecular complexity index is 810. The van der Waals surface area contributed by atoms with Gasteiger partial charge in [-0.25, -0.2) is 4.79 Å².